The van der Waals surface area contributed by atoms with Crippen molar-refractivity contribution in [2.75, 3.05) is 18.0 Å². The molecule has 1 aromatic carbocycles. The van der Waals surface area contributed by atoms with E-state index in [2.05, 4.69) is 33.8 Å². The Morgan fingerprint density at radius 3 is 2.71 bits per heavy atom. The third-order valence-corrected chi connectivity index (χ3v) is 3.84. The van der Waals surface area contributed by atoms with Gasteiger partial charge in [-0.25, -0.2) is 0 Å². The summed E-state index contributed by atoms with van der Waals surface area (Å²) in [5.41, 5.74) is 2.22. The van der Waals surface area contributed by atoms with Crippen LogP contribution in [0.4, 0.5) is 5.69 Å². The number of aliphatic hydroxyl groups excluding tert-OH is 1. The molecule has 2 rings (SSSR count). The molecule has 17 heavy (non-hydrogen) atoms. The van der Waals surface area contributed by atoms with E-state index in [1.807, 2.05) is 12.1 Å². The summed E-state index contributed by atoms with van der Waals surface area (Å²) in [5, 5.41) is 9.12. The van der Waals surface area contributed by atoms with E-state index in [1.165, 1.54) is 31.5 Å². The van der Waals surface area contributed by atoms with Crippen LogP contribution in [0.2, 0.25) is 0 Å². The van der Waals surface area contributed by atoms with Crippen LogP contribution in [-0.2, 0) is 6.61 Å². The zero-order valence-electron chi connectivity index (χ0n) is 10.3. The van der Waals surface area contributed by atoms with Crippen molar-refractivity contribution in [2.24, 2.45) is 5.92 Å². The Morgan fingerprint density at radius 1 is 1.41 bits per heavy atom. The summed E-state index contributed by atoms with van der Waals surface area (Å²) in [6, 6.07) is 6.15. The third-order valence-electron chi connectivity index (χ3n) is 3.20. The van der Waals surface area contributed by atoms with Gasteiger partial charge in [-0.15, -0.1) is 0 Å². The van der Waals surface area contributed by atoms with E-state index in [0.717, 1.165) is 22.5 Å². The molecule has 1 aromatic rings. The number of hydrogen-bond acceptors (Lipinski definition) is 2. The lowest BCUT2D eigenvalue weighted by molar-refractivity contribution is 0.282. The fourth-order valence-corrected chi connectivity index (χ4v) is 2.77. The predicted molar refractivity (Wildman–Crippen MR) is 75.3 cm³/mol. The van der Waals surface area contributed by atoms with Crippen LogP contribution in [0, 0.1) is 5.92 Å². The molecule has 0 aliphatic heterocycles. The van der Waals surface area contributed by atoms with Gasteiger partial charge in [0.1, 0.15) is 0 Å². The summed E-state index contributed by atoms with van der Waals surface area (Å²) in [7, 11) is 0. The number of rotatable bonds is 6. The average molecular weight is 298 g/mol. The summed E-state index contributed by atoms with van der Waals surface area (Å²) >= 11 is 3.62. The standard InChI is InChI=1S/C14H20BrNO/c1-2-7-16(9-11-3-4-11)14-6-5-12(10-17)8-13(14)15/h5-6,8,11,17H,2-4,7,9-10H2,1H3. The highest BCUT2D eigenvalue weighted by atomic mass is 79.9. The van der Waals surface area contributed by atoms with Gasteiger partial charge in [0, 0.05) is 17.6 Å². The van der Waals surface area contributed by atoms with E-state index in [-0.39, 0.29) is 6.61 Å². The molecule has 2 nitrogen and oxygen atoms in total. The molecule has 0 unspecified atom stereocenters. The first-order chi connectivity index (χ1) is 8.24. The molecule has 1 aliphatic rings. The number of aliphatic hydroxyl groups is 1. The molecule has 94 valence electrons. The largest absolute Gasteiger partial charge is 0.392 e. The second-order valence-electron chi connectivity index (χ2n) is 4.83. The highest BCUT2D eigenvalue weighted by Crippen LogP contribution is 2.34. The molecule has 1 N–H and O–H groups in total. The van der Waals surface area contributed by atoms with Gasteiger partial charge in [0.15, 0.2) is 0 Å². The van der Waals surface area contributed by atoms with E-state index in [0.29, 0.717) is 0 Å². The molecule has 0 bridgehead atoms. The number of anilines is 1. The topological polar surface area (TPSA) is 23.5 Å². The Bertz CT molecular complexity index is 376. The minimum absolute atomic E-state index is 0.106. The lowest BCUT2D eigenvalue weighted by Gasteiger charge is -2.25. The maximum Gasteiger partial charge on any atom is 0.0682 e. The van der Waals surface area contributed by atoms with E-state index in [1.54, 1.807) is 0 Å². The van der Waals surface area contributed by atoms with Crippen LogP contribution in [-0.4, -0.2) is 18.2 Å². The molecule has 0 spiro atoms. The first-order valence-corrected chi connectivity index (χ1v) is 7.18. The molecule has 1 saturated carbocycles. The minimum Gasteiger partial charge on any atom is -0.392 e. The highest BCUT2D eigenvalue weighted by Gasteiger charge is 2.24. The zero-order chi connectivity index (χ0) is 12.3. The molecule has 1 fully saturated rings. The molecular formula is C14H20BrNO. The molecule has 0 saturated heterocycles. The monoisotopic (exact) mass is 297 g/mol. The Labute approximate surface area is 112 Å². The summed E-state index contributed by atoms with van der Waals surface area (Å²) in [4.78, 5) is 2.46. The van der Waals surface area contributed by atoms with Crippen LogP contribution in [0.15, 0.2) is 22.7 Å². The van der Waals surface area contributed by atoms with Crippen LogP contribution in [0.25, 0.3) is 0 Å². The molecule has 0 aromatic heterocycles. The lowest BCUT2D eigenvalue weighted by Crippen LogP contribution is -2.26. The second kappa shape index (κ2) is 5.87. The van der Waals surface area contributed by atoms with Gasteiger partial charge in [-0.2, -0.15) is 0 Å². The van der Waals surface area contributed by atoms with Crippen molar-refractivity contribution in [2.45, 2.75) is 32.8 Å². The summed E-state index contributed by atoms with van der Waals surface area (Å²) < 4.78 is 1.10. The predicted octanol–water partition coefficient (Wildman–Crippen LogP) is 3.57. The van der Waals surface area contributed by atoms with Crippen LogP contribution in [0.5, 0.6) is 0 Å². The Morgan fingerprint density at radius 2 is 2.18 bits per heavy atom. The second-order valence-corrected chi connectivity index (χ2v) is 5.69. The zero-order valence-corrected chi connectivity index (χ0v) is 11.9. The fraction of sp³-hybridized carbons (Fsp3) is 0.571. The highest BCUT2D eigenvalue weighted by molar-refractivity contribution is 9.10. The van der Waals surface area contributed by atoms with Gasteiger partial charge >= 0.3 is 0 Å². The van der Waals surface area contributed by atoms with E-state index in [4.69, 9.17) is 5.11 Å². The van der Waals surface area contributed by atoms with Crippen molar-refractivity contribution in [3.8, 4) is 0 Å². The maximum absolute atomic E-state index is 9.12. The molecule has 0 radical (unpaired) electrons. The molecule has 1 aliphatic carbocycles. The number of benzene rings is 1. The van der Waals surface area contributed by atoms with Gasteiger partial charge in [0.25, 0.3) is 0 Å². The van der Waals surface area contributed by atoms with Crippen molar-refractivity contribution in [1.82, 2.24) is 0 Å². The first kappa shape index (κ1) is 12.9. The lowest BCUT2D eigenvalue weighted by atomic mass is 10.2. The van der Waals surface area contributed by atoms with Gasteiger partial charge in [0.05, 0.1) is 12.3 Å². The SMILES string of the molecule is CCCN(CC1CC1)c1ccc(CO)cc1Br. The van der Waals surface area contributed by atoms with Crippen LogP contribution < -0.4 is 4.90 Å². The van der Waals surface area contributed by atoms with Crippen molar-refractivity contribution in [1.29, 1.82) is 0 Å². The van der Waals surface area contributed by atoms with Crippen molar-refractivity contribution in [3.05, 3.63) is 28.2 Å². The average Bonchev–Trinajstić information content (AvgIpc) is 3.12. The van der Waals surface area contributed by atoms with Crippen LogP contribution in [0.3, 0.4) is 0 Å². The smallest absolute Gasteiger partial charge is 0.0682 e. The first-order valence-electron chi connectivity index (χ1n) is 6.38. The molecule has 0 amide bonds. The van der Waals surface area contributed by atoms with Crippen LogP contribution >= 0.6 is 15.9 Å². The van der Waals surface area contributed by atoms with Gasteiger partial charge < -0.3 is 10.0 Å². The summed E-state index contributed by atoms with van der Waals surface area (Å²) in [6.45, 7) is 4.60. The summed E-state index contributed by atoms with van der Waals surface area (Å²) in [5.74, 6) is 0.894. The van der Waals surface area contributed by atoms with Gasteiger partial charge in [-0.1, -0.05) is 13.0 Å². The van der Waals surface area contributed by atoms with Crippen molar-refractivity contribution < 1.29 is 5.11 Å². The quantitative estimate of drug-likeness (QED) is 0.868. The van der Waals surface area contributed by atoms with Gasteiger partial charge in [-0.05, 0) is 58.8 Å². The Balaban J connectivity index is 2.15. The van der Waals surface area contributed by atoms with Gasteiger partial charge in [-0.3, -0.25) is 0 Å². The minimum atomic E-state index is 0.106. The third kappa shape index (κ3) is 3.46. The maximum atomic E-state index is 9.12. The number of nitrogens with zero attached hydrogens (tertiary/aromatic N) is 1. The number of halogens is 1. The Kier molecular flexibility index (Phi) is 4.46. The van der Waals surface area contributed by atoms with Crippen molar-refractivity contribution in [3.63, 3.8) is 0 Å². The molecule has 3 heteroatoms. The van der Waals surface area contributed by atoms with E-state index >= 15 is 0 Å². The van der Waals surface area contributed by atoms with E-state index < -0.39 is 0 Å². The number of hydrogen-bond donors (Lipinski definition) is 1. The molecule has 0 atom stereocenters. The van der Waals surface area contributed by atoms with E-state index in [9.17, 15) is 0 Å². The Hall–Kier alpha value is -0.540. The summed E-state index contributed by atoms with van der Waals surface area (Å²) in [6.07, 6.45) is 3.93. The van der Waals surface area contributed by atoms with Crippen molar-refractivity contribution >= 4 is 21.6 Å². The van der Waals surface area contributed by atoms with Crippen LogP contribution in [0.1, 0.15) is 31.7 Å². The normalized spacial score (nSPS) is 15.0. The fourth-order valence-electron chi connectivity index (χ4n) is 2.10. The van der Waals surface area contributed by atoms with Gasteiger partial charge in [0.2, 0.25) is 0 Å². The molecular weight excluding hydrogens is 278 g/mol. The molecule has 0 heterocycles.